The second kappa shape index (κ2) is 9.04. The van der Waals surface area contributed by atoms with Gasteiger partial charge in [0, 0.05) is 36.9 Å². The highest BCUT2D eigenvalue weighted by Gasteiger charge is 2.32. The van der Waals surface area contributed by atoms with Crippen LogP contribution in [0.2, 0.25) is 0 Å². The van der Waals surface area contributed by atoms with Gasteiger partial charge in [0.1, 0.15) is 0 Å². The zero-order valence-corrected chi connectivity index (χ0v) is 18.7. The molecule has 162 valence electrons. The van der Waals surface area contributed by atoms with E-state index in [1.165, 1.54) is 0 Å². The van der Waals surface area contributed by atoms with Gasteiger partial charge < -0.3 is 10.2 Å². The number of benzene rings is 1. The maximum atomic E-state index is 12.3. The third-order valence-corrected chi connectivity index (χ3v) is 8.33. The predicted octanol–water partition coefficient (Wildman–Crippen LogP) is 3.89. The highest BCUT2D eigenvalue weighted by atomic mass is 32.2. The zero-order chi connectivity index (χ0) is 21.1. The first-order chi connectivity index (χ1) is 13.7. The van der Waals surface area contributed by atoms with Crippen LogP contribution in [0, 0.1) is 5.92 Å². The van der Waals surface area contributed by atoms with E-state index >= 15 is 0 Å². The van der Waals surface area contributed by atoms with Crippen LogP contribution in [0.3, 0.4) is 0 Å². The minimum absolute atomic E-state index is 0.0526. The maximum Gasteiger partial charge on any atom is 0.226 e. The summed E-state index contributed by atoms with van der Waals surface area (Å²) in [5.41, 5.74) is 2.04. The lowest BCUT2D eigenvalue weighted by atomic mass is 9.86. The number of piperidine rings is 1. The SMILES string of the molecule is CC(C)(C)S(=O)(=O)N[C@H]1CC[C@H](CNc2ccc(N3CCCCC3=O)cc2)CC1. The number of carbonyl (C=O) groups excluding carboxylic acids is 1. The van der Waals surface area contributed by atoms with E-state index in [0.29, 0.717) is 12.3 Å². The molecule has 1 aromatic rings. The number of carbonyl (C=O) groups is 1. The number of nitrogens with zero attached hydrogens (tertiary/aromatic N) is 1. The standard InChI is InChI=1S/C22H35N3O3S/c1-22(2,3)29(27,28)24-19-9-7-17(8-10-19)16-23-18-11-13-20(14-12-18)25-15-5-4-6-21(25)26/h11-14,17,19,23-24H,4-10,15-16H2,1-3H3/t17-,19-. The molecule has 29 heavy (non-hydrogen) atoms. The van der Waals surface area contributed by atoms with Crippen LogP contribution in [-0.2, 0) is 14.8 Å². The molecule has 1 saturated heterocycles. The lowest BCUT2D eigenvalue weighted by Gasteiger charge is -2.31. The number of sulfonamides is 1. The van der Waals surface area contributed by atoms with Crippen LogP contribution in [0.25, 0.3) is 0 Å². The van der Waals surface area contributed by atoms with E-state index in [0.717, 1.165) is 63.0 Å². The van der Waals surface area contributed by atoms with E-state index < -0.39 is 14.8 Å². The predicted molar refractivity (Wildman–Crippen MR) is 119 cm³/mol. The van der Waals surface area contributed by atoms with Crippen molar-refractivity contribution in [2.75, 3.05) is 23.3 Å². The van der Waals surface area contributed by atoms with Crippen LogP contribution < -0.4 is 14.9 Å². The molecular formula is C22H35N3O3S. The Morgan fingerprint density at radius 3 is 2.28 bits per heavy atom. The molecule has 0 unspecified atom stereocenters. The first kappa shape index (κ1) is 22.1. The number of rotatable bonds is 6. The van der Waals surface area contributed by atoms with E-state index in [-0.39, 0.29) is 11.9 Å². The van der Waals surface area contributed by atoms with E-state index in [2.05, 4.69) is 10.0 Å². The molecule has 0 radical (unpaired) electrons. The zero-order valence-electron chi connectivity index (χ0n) is 17.9. The van der Waals surface area contributed by atoms with Crippen molar-refractivity contribution in [1.82, 2.24) is 4.72 Å². The minimum atomic E-state index is -3.28. The highest BCUT2D eigenvalue weighted by molar-refractivity contribution is 7.90. The second-order valence-electron chi connectivity index (χ2n) is 9.38. The van der Waals surface area contributed by atoms with Gasteiger partial charge in [-0.25, -0.2) is 13.1 Å². The highest BCUT2D eigenvalue weighted by Crippen LogP contribution is 2.27. The van der Waals surface area contributed by atoms with Gasteiger partial charge in [0.05, 0.1) is 4.75 Å². The average molecular weight is 422 g/mol. The molecule has 1 amide bonds. The van der Waals surface area contributed by atoms with Gasteiger partial charge in [-0.1, -0.05) is 0 Å². The maximum absolute atomic E-state index is 12.3. The van der Waals surface area contributed by atoms with Crippen molar-refractivity contribution in [2.45, 2.75) is 76.5 Å². The first-order valence-electron chi connectivity index (χ1n) is 10.8. The van der Waals surface area contributed by atoms with Gasteiger partial charge in [-0.3, -0.25) is 4.79 Å². The fraction of sp³-hybridized carbons (Fsp3) is 0.682. The van der Waals surface area contributed by atoms with Crippen molar-refractivity contribution in [3.63, 3.8) is 0 Å². The van der Waals surface area contributed by atoms with Gasteiger partial charge in [-0.2, -0.15) is 0 Å². The molecular weight excluding hydrogens is 386 g/mol. The third-order valence-electron chi connectivity index (χ3n) is 6.07. The van der Waals surface area contributed by atoms with Crippen molar-refractivity contribution in [1.29, 1.82) is 0 Å². The summed E-state index contributed by atoms with van der Waals surface area (Å²) in [6.07, 6.45) is 6.52. The van der Waals surface area contributed by atoms with Gasteiger partial charge >= 0.3 is 0 Å². The Morgan fingerprint density at radius 1 is 1.03 bits per heavy atom. The summed E-state index contributed by atoms with van der Waals surface area (Å²) in [6.45, 7) is 6.90. The van der Waals surface area contributed by atoms with Crippen LogP contribution in [-0.4, -0.2) is 38.2 Å². The van der Waals surface area contributed by atoms with Crippen LogP contribution in [0.1, 0.15) is 65.7 Å². The lowest BCUT2D eigenvalue weighted by Crippen LogP contribution is -2.46. The molecule has 0 aromatic heterocycles. The molecule has 3 rings (SSSR count). The molecule has 1 aromatic carbocycles. The number of nitrogens with one attached hydrogen (secondary N) is 2. The Balaban J connectivity index is 1.44. The van der Waals surface area contributed by atoms with E-state index in [1.54, 1.807) is 20.8 Å². The second-order valence-corrected chi connectivity index (χ2v) is 11.8. The third kappa shape index (κ3) is 5.72. The summed E-state index contributed by atoms with van der Waals surface area (Å²) in [7, 11) is -3.28. The molecule has 1 aliphatic carbocycles. The summed E-state index contributed by atoms with van der Waals surface area (Å²) in [5, 5.41) is 3.50. The van der Waals surface area contributed by atoms with Gasteiger partial charge in [0.15, 0.2) is 0 Å². The van der Waals surface area contributed by atoms with Crippen molar-refractivity contribution >= 4 is 27.3 Å². The van der Waals surface area contributed by atoms with Crippen LogP contribution >= 0.6 is 0 Å². The van der Waals surface area contributed by atoms with Gasteiger partial charge in [0.2, 0.25) is 15.9 Å². The molecule has 6 nitrogen and oxygen atoms in total. The van der Waals surface area contributed by atoms with Gasteiger partial charge in [-0.05, 0) is 89.5 Å². The van der Waals surface area contributed by atoms with Crippen molar-refractivity contribution < 1.29 is 13.2 Å². The molecule has 0 bridgehead atoms. The topological polar surface area (TPSA) is 78.5 Å². The van der Waals surface area contributed by atoms with E-state index in [4.69, 9.17) is 0 Å². The summed E-state index contributed by atoms with van der Waals surface area (Å²) < 4.78 is 26.8. The van der Waals surface area contributed by atoms with Crippen LogP contribution in [0.5, 0.6) is 0 Å². The van der Waals surface area contributed by atoms with Crippen molar-refractivity contribution in [3.05, 3.63) is 24.3 Å². The van der Waals surface area contributed by atoms with Crippen molar-refractivity contribution in [3.8, 4) is 0 Å². The molecule has 1 heterocycles. The van der Waals surface area contributed by atoms with Crippen molar-refractivity contribution in [2.24, 2.45) is 5.92 Å². The van der Waals surface area contributed by atoms with E-state index in [9.17, 15) is 13.2 Å². The summed E-state index contributed by atoms with van der Waals surface area (Å²) >= 11 is 0. The number of hydrogen-bond acceptors (Lipinski definition) is 4. The largest absolute Gasteiger partial charge is 0.385 e. The Morgan fingerprint density at radius 2 is 1.69 bits per heavy atom. The fourth-order valence-corrected chi connectivity index (χ4v) is 5.01. The molecule has 0 atom stereocenters. The Bertz CT molecular complexity index is 792. The van der Waals surface area contributed by atoms with Gasteiger partial charge in [-0.15, -0.1) is 0 Å². The van der Waals surface area contributed by atoms with Gasteiger partial charge in [0.25, 0.3) is 0 Å². The van der Waals surface area contributed by atoms with Crippen LogP contribution in [0.15, 0.2) is 24.3 Å². The molecule has 2 aliphatic rings. The average Bonchev–Trinajstić information content (AvgIpc) is 2.67. The molecule has 1 saturated carbocycles. The molecule has 0 spiro atoms. The summed E-state index contributed by atoms with van der Waals surface area (Å²) in [5.74, 6) is 0.768. The molecule has 2 fully saturated rings. The number of anilines is 2. The normalized spacial score (nSPS) is 23.8. The molecule has 7 heteroatoms. The van der Waals surface area contributed by atoms with Crippen LogP contribution in [0.4, 0.5) is 11.4 Å². The monoisotopic (exact) mass is 421 g/mol. The Labute approximate surface area is 175 Å². The Kier molecular flexibility index (Phi) is 6.89. The van der Waals surface area contributed by atoms with E-state index in [1.807, 2.05) is 29.2 Å². The number of amides is 1. The minimum Gasteiger partial charge on any atom is -0.385 e. The quantitative estimate of drug-likeness (QED) is 0.730. The first-order valence-corrected chi connectivity index (χ1v) is 12.3. The molecule has 1 aliphatic heterocycles. The fourth-order valence-electron chi connectivity index (χ4n) is 3.98. The number of hydrogen-bond donors (Lipinski definition) is 2. The smallest absolute Gasteiger partial charge is 0.226 e. The summed E-state index contributed by atoms with van der Waals surface area (Å²) in [6, 6.07) is 8.17. The molecule has 2 N–H and O–H groups in total. The Hall–Kier alpha value is -1.60. The summed E-state index contributed by atoms with van der Waals surface area (Å²) in [4.78, 5) is 13.9. The lowest BCUT2D eigenvalue weighted by molar-refractivity contribution is -0.119.